The second kappa shape index (κ2) is 4.52. The van der Waals surface area contributed by atoms with E-state index in [0.29, 0.717) is 0 Å². The molecule has 0 spiro atoms. The van der Waals surface area contributed by atoms with Gasteiger partial charge in [0.25, 0.3) is 0 Å². The number of benzene rings is 1. The van der Waals surface area contributed by atoms with Crippen LogP contribution < -0.4 is 0 Å². The van der Waals surface area contributed by atoms with E-state index < -0.39 is 0 Å². The van der Waals surface area contributed by atoms with Gasteiger partial charge in [0, 0.05) is 5.33 Å². The molecule has 0 saturated heterocycles. The molecule has 1 heteroatoms. The Morgan fingerprint density at radius 3 is 2.12 bits per heavy atom. The quantitative estimate of drug-likeness (QED) is 0.693. The molecule has 1 unspecified atom stereocenters. The maximum atomic E-state index is 3.65. The average Bonchev–Trinajstić information content (AvgIpc) is 3.03. The molecule has 0 N–H and O–H groups in total. The summed E-state index contributed by atoms with van der Waals surface area (Å²) >= 11 is 3.65. The lowest BCUT2D eigenvalue weighted by Gasteiger charge is -2.20. The van der Waals surface area contributed by atoms with Crippen LogP contribution in [0.15, 0.2) is 24.3 Å². The summed E-state index contributed by atoms with van der Waals surface area (Å²) in [5, 5.41) is 1.10. The zero-order valence-corrected chi connectivity index (χ0v) is 12.0. The van der Waals surface area contributed by atoms with Crippen molar-refractivity contribution in [3.05, 3.63) is 35.4 Å². The number of hydrogen-bond acceptors (Lipinski definition) is 0. The van der Waals surface area contributed by atoms with Crippen molar-refractivity contribution in [3.63, 3.8) is 0 Å². The Hall–Kier alpha value is -0.300. The SMILES string of the molecule is CC(C)(C)c1ccc(C(CBr)C2CC2)cc1. The Labute approximate surface area is 108 Å². The van der Waals surface area contributed by atoms with Crippen molar-refractivity contribution < 1.29 is 0 Å². The van der Waals surface area contributed by atoms with E-state index in [0.717, 1.165) is 17.2 Å². The van der Waals surface area contributed by atoms with Gasteiger partial charge in [0.15, 0.2) is 0 Å². The topological polar surface area (TPSA) is 0 Å². The first-order chi connectivity index (χ1) is 7.52. The minimum absolute atomic E-state index is 0.266. The average molecular weight is 281 g/mol. The fourth-order valence-corrected chi connectivity index (χ4v) is 3.12. The lowest BCUT2D eigenvalue weighted by atomic mass is 9.85. The summed E-state index contributed by atoms with van der Waals surface area (Å²) in [5.41, 5.74) is 3.20. The summed E-state index contributed by atoms with van der Waals surface area (Å²) in [4.78, 5) is 0. The van der Waals surface area contributed by atoms with Gasteiger partial charge in [-0.25, -0.2) is 0 Å². The van der Waals surface area contributed by atoms with Crippen LogP contribution in [-0.4, -0.2) is 5.33 Å². The molecule has 0 aliphatic heterocycles. The molecule has 1 saturated carbocycles. The third kappa shape index (κ3) is 2.68. The molecule has 1 aromatic rings. The third-order valence-corrected chi connectivity index (χ3v) is 4.26. The Kier molecular flexibility index (Phi) is 3.44. The maximum absolute atomic E-state index is 3.65. The summed E-state index contributed by atoms with van der Waals surface area (Å²) in [6, 6.07) is 9.25. The van der Waals surface area contributed by atoms with Crippen LogP contribution in [0.4, 0.5) is 0 Å². The predicted octanol–water partition coefficient (Wildman–Crippen LogP) is 4.87. The number of hydrogen-bond donors (Lipinski definition) is 0. The molecule has 16 heavy (non-hydrogen) atoms. The first-order valence-corrected chi connectivity index (χ1v) is 7.31. The molecule has 0 nitrogen and oxygen atoms in total. The molecule has 1 aliphatic rings. The molecular weight excluding hydrogens is 260 g/mol. The highest BCUT2D eigenvalue weighted by molar-refractivity contribution is 9.09. The van der Waals surface area contributed by atoms with E-state index in [1.54, 1.807) is 0 Å². The fourth-order valence-electron chi connectivity index (χ4n) is 2.22. The number of halogens is 1. The Balaban J connectivity index is 2.18. The van der Waals surface area contributed by atoms with Gasteiger partial charge in [-0.1, -0.05) is 61.0 Å². The first-order valence-electron chi connectivity index (χ1n) is 6.19. The van der Waals surface area contributed by atoms with Crippen molar-refractivity contribution in [2.75, 3.05) is 5.33 Å². The predicted molar refractivity (Wildman–Crippen MR) is 74.4 cm³/mol. The van der Waals surface area contributed by atoms with Crippen LogP contribution in [0.1, 0.15) is 50.7 Å². The zero-order chi connectivity index (χ0) is 11.8. The van der Waals surface area contributed by atoms with Crippen LogP contribution in [0.25, 0.3) is 0 Å². The summed E-state index contributed by atoms with van der Waals surface area (Å²) < 4.78 is 0. The molecule has 1 aromatic carbocycles. The van der Waals surface area contributed by atoms with E-state index in [1.165, 1.54) is 24.0 Å². The lowest BCUT2D eigenvalue weighted by molar-refractivity contribution is 0.589. The smallest absolute Gasteiger partial charge is 0.0103 e. The van der Waals surface area contributed by atoms with Gasteiger partial charge in [-0.05, 0) is 41.2 Å². The van der Waals surface area contributed by atoms with Crippen molar-refractivity contribution in [3.8, 4) is 0 Å². The van der Waals surface area contributed by atoms with E-state index >= 15 is 0 Å². The summed E-state index contributed by atoms with van der Waals surface area (Å²) in [6.45, 7) is 6.81. The maximum Gasteiger partial charge on any atom is 0.0103 e. The summed E-state index contributed by atoms with van der Waals surface area (Å²) in [6.07, 6.45) is 2.83. The van der Waals surface area contributed by atoms with Crippen LogP contribution in [0.5, 0.6) is 0 Å². The minimum Gasteiger partial charge on any atom is -0.0921 e. The molecule has 1 atom stereocenters. The molecule has 0 aromatic heterocycles. The van der Waals surface area contributed by atoms with Crippen molar-refractivity contribution in [1.29, 1.82) is 0 Å². The third-order valence-electron chi connectivity index (χ3n) is 3.56. The van der Waals surface area contributed by atoms with Crippen LogP contribution in [0, 0.1) is 5.92 Å². The van der Waals surface area contributed by atoms with E-state index in [4.69, 9.17) is 0 Å². The molecule has 2 rings (SSSR count). The molecule has 0 amide bonds. The van der Waals surface area contributed by atoms with Crippen LogP contribution in [0.3, 0.4) is 0 Å². The van der Waals surface area contributed by atoms with E-state index in [-0.39, 0.29) is 5.41 Å². The van der Waals surface area contributed by atoms with Crippen molar-refractivity contribution in [2.24, 2.45) is 5.92 Å². The Morgan fingerprint density at radius 1 is 1.19 bits per heavy atom. The van der Waals surface area contributed by atoms with Gasteiger partial charge < -0.3 is 0 Å². The van der Waals surface area contributed by atoms with Crippen molar-refractivity contribution in [2.45, 2.75) is 44.9 Å². The van der Waals surface area contributed by atoms with Gasteiger partial charge in [-0.15, -0.1) is 0 Å². The normalized spacial score (nSPS) is 18.5. The largest absolute Gasteiger partial charge is 0.0921 e. The molecule has 88 valence electrons. The summed E-state index contributed by atoms with van der Waals surface area (Å²) in [5.74, 6) is 1.66. The number of alkyl halides is 1. The van der Waals surface area contributed by atoms with Gasteiger partial charge in [-0.3, -0.25) is 0 Å². The van der Waals surface area contributed by atoms with E-state index in [9.17, 15) is 0 Å². The van der Waals surface area contributed by atoms with Crippen molar-refractivity contribution >= 4 is 15.9 Å². The molecule has 0 heterocycles. The second-order valence-corrected chi connectivity index (χ2v) is 6.62. The second-order valence-electron chi connectivity index (χ2n) is 5.97. The molecule has 1 fully saturated rings. The zero-order valence-electron chi connectivity index (χ0n) is 10.5. The molecule has 1 aliphatic carbocycles. The highest BCUT2D eigenvalue weighted by Crippen LogP contribution is 2.43. The minimum atomic E-state index is 0.266. The first kappa shape index (κ1) is 12.2. The molecular formula is C15H21Br. The van der Waals surface area contributed by atoms with Gasteiger partial charge >= 0.3 is 0 Å². The Morgan fingerprint density at radius 2 is 1.75 bits per heavy atom. The summed E-state index contributed by atoms with van der Waals surface area (Å²) in [7, 11) is 0. The van der Waals surface area contributed by atoms with Gasteiger partial charge in [0.2, 0.25) is 0 Å². The van der Waals surface area contributed by atoms with Crippen LogP contribution in [-0.2, 0) is 5.41 Å². The van der Waals surface area contributed by atoms with Gasteiger partial charge in [0.1, 0.15) is 0 Å². The van der Waals surface area contributed by atoms with E-state index in [1.807, 2.05) is 0 Å². The van der Waals surface area contributed by atoms with Crippen LogP contribution in [0.2, 0.25) is 0 Å². The molecule has 0 bridgehead atoms. The molecule has 0 radical (unpaired) electrons. The Bertz CT molecular complexity index is 341. The van der Waals surface area contributed by atoms with Gasteiger partial charge in [-0.2, -0.15) is 0 Å². The fraction of sp³-hybridized carbons (Fsp3) is 0.600. The lowest BCUT2D eigenvalue weighted by Crippen LogP contribution is -2.11. The van der Waals surface area contributed by atoms with Crippen molar-refractivity contribution in [1.82, 2.24) is 0 Å². The van der Waals surface area contributed by atoms with E-state index in [2.05, 4.69) is 61.0 Å². The standard InChI is InChI=1S/C15H21Br/c1-15(2,3)13-8-6-12(7-9-13)14(10-16)11-4-5-11/h6-9,11,14H,4-5,10H2,1-3H3. The number of rotatable bonds is 3. The highest BCUT2D eigenvalue weighted by atomic mass is 79.9. The monoisotopic (exact) mass is 280 g/mol. The highest BCUT2D eigenvalue weighted by Gasteiger charge is 2.31. The van der Waals surface area contributed by atoms with Crippen LogP contribution >= 0.6 is 15.9 Å². The van der Waals surface area contributed by atoms with Gasteiger partial charge in [0.05, 0.1) is 0 Å².